The molecule has 1 heterocycles. The van der Waals surface area contributed by atoms with E-state index in [4.69, 9.17) is 24.1 Å². The first kappa shape index (κ1) is 17.5. The van der Waals surface area contributed by atoms with Crippen LogP contribution in [-0.4, -0.2) is 62.8 Å². The number of carboxylic acids is 1. The fourth-order valence-corrected chi connectivity index (χ4v) is 1.51. The Labute approximate surface area is 123 Å². The predicted octanol–water partition coefficient (Wildman–Crippen LogP) is 0.976. The van der Waals surface area contributed by atoms with Crippen LogP contribution in [0.3, 0.4) is 0 Å². The molecular formula is C14H21NO6. The van der Waals surface area contributed by atoms with Crippen molar-refractivity contribution < 1.29 is 28.8 Å². The predicted molar refractivity (Wildman–Crippen MR) is 74.4 cm³/mol. The molecule has 0 saturated carbocycles. The number of nitrogens with zero attached hydrogens (tertiary/aromatic N) is 1. The van der Waals surface area contributed by atoms with Crippen LogP contribution in [0.15, 0.2) is 18.3 Å². The molecule has 0 aromatic carbocycles. The monoisotopic (exact) mass is 299 g/mol. The SMILES string of the molecule is COCCOCCOCCOCc1cccnc1C(=O)O. The molecule has 0 aliphatic heterocycles. The molecule has 0 saturated heterocycles. The molecule has 0 amide bonds. The number of ether oxygens (including phenoxy) is 4. The van der Waals surface area contributed by atoms with Crippen LogP contribution in [0.2, 0.25) is 0 Å². The molecule has 1 aromatic rings. The second-order valence-corrected chi connectivity index (χ2v) is 4.09. The average Bonchev–Trinajstić information content (AvgIpc) is 2.49. The van der Waals surface area contributed by atoms with Crippen LogP contribution in [0.1, 0.15) is 16.1 Å². The number of hydrogen-bond donors (Lipinski definition) is 1. The van der Waals surface area contributed by atoms with Crippen molar-refractivity contribution in [1.82, 2.24) is 4.98 Å². The molecule has 1 rings (SSSR count). The third kappa shape index (κ3) is 7.72. The molecule has 118 valence electrons. The maximum atomic E-state index is 10.9. The summed E-state index contributed by atoms with van der Waals surface area (Å²) in [7, 11) is 1.62. The molecule has 0 bridgehead atoms. The topological polar surface area (TPSA) is 87.1 Å². The zero-order valence-electron chi connectivity index (χ0n) is 12.1. The molecule has 0 fully saturated rings. The van der Waals surface area contributed by atoms with Gasteiger partial charge in [-0.15, -0.1) is 0 Å². The normalized spacial score (nSPS) is 10.7. The minimum absolute atomic E-state index is 0.0185. The zero-order valence-corrected chi connectivity index (χ0v) is 12.1. The molecular weight excluding hydrogens is 278 g/mol. The van der Waals surface area contributed by atoms with E-state index in [1.54, 1.807) is 19.2 Å². The summed E-state index contributed by atoms with van der Waals surface area (Å²) < 4.78 is 20.7. The number of aromatic carboxylic acids is 1. The van der Waals surface area contributed by atoms with E-state index in [-0.39, 0.29) is 12.3 Å². The Morgan fingerprint density at radius 2 is 1.71 bits per heavy atom. The van der Waals surface area contributed by atoms with E-state index in [9.17, 15) is 4.79 Å². The van der Waals surface area contributed by atoms with Crippen LogP contribution in [0.4, 0.5) is 0 Å². The number of rotatable bonds is 12. The van der Waals surface area contributed by atoms with Gasteiger partial charge in [0, 0.05) is 18.9 Å². The smallest absolute Gasteiger partial charge is 0.354 e. The lowest BCUT2D eigenvalue weighted by Crippen LogP contribution is -2.12. The molecule has 0 aliphatic carbocycles. The van der Waals surface area contributed by atoms with Crippen LogP contribution in [0.5, 0.6) is 0 Å². The highest BCUT2D eigenvalue weighted by Gasteiger charge is 2.10. The molecule has 1 N–H and O–H groups in total. The van der Waals surface area contributed by atoms with Crippen molar-refractivity contribution in [3.8, 4) is 0 Å². The van der Waals surface area contributed by atoms with Crippen molar-refractivity contribution in [2.75, 3.05) is 46.8 Å². The van der Waals surface area contributed by atoms with Gasteiger partial charge in [-0.3, -0.25) is 0 Å². The van der Waals surface area contributed by atoms with Crippen molar-refractivity contribution in [2.45, 2.75) is 6.61 Å². The summed E-state index contributed by atoms with van der Waals surface area (Å²) in [6, 6.07) is 3.36. The van der Waals surface area contributed by atoms with Crippen LogP contribution in [0.25, 0.3) is 0 Å². The number of carbonyl (C=O) groups is 1. The van der Waals surface area contributed by atoms with E-state index in [1.807, 2.05) is 0 Å². The number of methoxy groups -OCH3 is 1. The molecule has 0 radical (unpaired) electrons. The zero-order chi connectivity index (χ0) is 15.3. The van der Waals surface area contributed by atoms with E-state index in [1.165, 1.54) is 6.20 Å². The van der Waals surface area contributed by atoms with Crippen molar-refractivity contribution in [2.24, 2.45) is 0 Å². The van der Waals surface area contributed by atoms with E-state index in [0.717, 1.165) is 0 Å². The van der Waals surface area contributed by atoms with Gasteiger partial charge in [0.25, 0.3) is 0 Å². The van der Waals surface area contributed by atoms with Gasteiger partial charge in [-0.2, -0.15) is 0 Å². The molecule has 0 unspecified atom stereocenters. The average molecular weight is 299 g/mol. The maximum Gasteiger partial charge on any atom is 0.354 e. The Hall–Kier alpha value is -1.54. The van der Waals surface area contributed by atoms with E-state index >= 15 is 0 Å². The first-order valence-corrected chi connectivity index (χ1v) is 6.65. The van der Waals surface area contributed by atoms with Gasteiger partial charge in [0.2, 0.25) is 0 Å². The van der Waals surface area contributed by atoms with Gasteiger partial charge in [-0.25, -0.2) is 9.78 Å². The number of hydrogen-bond acceptors (Lipinski definition) is 6. The summed E-state index contributed by atoms with van der Waals surface area (Å²) in [6.07, 6.45) is 1.44. The molecule has 7 nitrogen and oxygen atoms in total. The van der Waals surface area contributed by atoms with Gasteiger partial charge in [-0.1, -0.05) is 6.07 Å². The Balaban J connectivity index is 2.06. The highest BCUT2D eigenvalue weighted by molar-refractivity contribution is 5.86. The molecule has 7 heteroatoms. The van der Waals surface area contributed by atoms with E-state index in [0.29, 0.717) is 45.2 Å². The van der Waals surface area contributed by atoms with E-state index in [2.05, 4.69) is 4.98 Å². The van der Waals surface area contributed by atoms with Gasteiger partial charge in [-0.05, 0) is 6.07 Å². The van der Waals surface area contributed by atoms with Crippen LogP contribution >= 0.6 is 0 Å². The van der Waals surface area contributed by atoms with Gasteiger partial charge < -0.3 is 24.1 Å². The lowest BCUT2D eigenvalue weighted by Gasteiger charge is -2.08. The molecule has 0 spiro atoms. The lowest BCUT2D eigenvalue weighted by molar-refractivity contribution is 0.000700. The Kier molecular flexibility index (Phi) is 9.30. The highest BCUT2D eigenvalue weighted by atomic mass is 16.6. The second-order valence-electron chi connectivity index (χ2n) is 4.09. The Morgan fingerprint density at radius 1 is 1.10 bits per heavy atom. The summed E-state index contributed by atoms with van der Waals surface area (Å²) in [6.45, 7) is 3.12. The number of aromatic nitrogens is 1. The first-order chi connectivity index (χ1) is 10.3. The van der Waals surface area contributed by atoms with Crippen LogP contribution in [0, 0.1) is 0 Å². The number of pyridine rings is 1. The van der Waals surface area contributed by atoms with Gasteiger partial charge in [0.05, 0.1) is 46.2 Å². The quantitative estimate of drug-likeness (QED) is 0.575. The van der Waals surface area contributed by atoms with Gasteiger partial charge >= 0.3 is 5.97 Å². The lowest BCUT2D eigenvalue weighted by atomic mass is 10.2. The summed E-state index contributed by atoms with van der Waals surface area (Å²) in [4.78, 5) is 14.7. The van der Waals surface area contributed by atoms with E-state index < -0.39 is 5.97 Å². The minimum Gasteiger partial charge on any atom is -0.477 e. The van der Waals surface area contributed by atoms with Gasteiger partial charge in [0.15, 0.2) is 5.69 Å². The Morgan fingerprint density at radius 3 is 2.33 bits per heavy atom. The summed E-state index contributed by atoms with van der Waals surface area (Å²) >= 11 is 0. The summed E-state index contributed by atoms with van der Waals surface area (Å²) in [5, 5.41) is 8.96. The van der Waals surface area contributed by atoms with Crippen molar-refractivity contribution in [3.63, 3.8) is 0 Å². The third-order valence-corrected chi connectivity index (χ3v) is 2.53. The summed E-state index contributed by atoms with van der Waals surface area (Å²) in [5.74, 6) is -1.06. The fraction of sp³-hybridized carbons (Fsp3) is 0.571. The molecule has 1 aromatic heterocycles. The molecule has 0 atom stereocenters. The highest BCUT2D eigenvalue weighted by Crippen LogP contribution is 2.06. The van der Waals surface area contributed by atoms with Crippen molar-refractivity contribution in [1.29, 1.82) is 0 Å². The second kappa shape index (κ2) is 11.2. The first-order valence-electron chi connectivity index (χ1n) is 6.65. The molecule has 0 aliphatic rings. The largest absolute Gasteiger partial charge is 0.477 e. The molecule has 21 heavy (non-hydrogen) atoms. The van der Waals surface area contributed by atoms with Gasteiger partial charge in [0.1, 0.15) is 0 Å². The summed E-state index contributed by atoms with van der Waals surface area (Å²) in [5.41, 5.74) is 0.567. The third-order valence-electron chi connectivity index (χ3n) is 2.53. The van der Waals surface area contributed by atoms with Crippen molar-refractivity contribution in [3.05, 3.63) is 29.6 Å². The van der Waals surface area contributed by atoms with Crippen LogP contribution < -0.4 is 0 Å². The van der Waals surface area contributed by atoms with Crippen LogP contribution in [-0.2, 0) is 25.6 Å². The fourth-order valence-electron chi connectivity index (χ4n) is 1.51. The number of carboxylic acid groups (broad SMARTS) is 1. The standard InChI is InChI=1S/C14H21NO6/c1-18-5-6-19-7-8-20-9-10-21-11-12-3-2-4-15-13(12)14(16)17/h2-4H,5-11H2,1H3,(H,16,17). The maximum absolute atomic E-state index is 10.9. The Bertz CT molecular complexity index is 412. The van der Waals surface area contributed by atoms with Crippen molar-refractivity contribution >= 4 is 5.97 Å². The minimum atomic E-state index is -1.06.